The summed E-state index contributed by atoms with van der Waals surface area (Å²) in [7, 11) is 0. The second-order valence-electron chi connectivity index (χ2n) is 4.19. The smallest absolute Gasteiger partial charge is 0.259 e. The molecule has 0 unspecified atom stereocenters. The van der Waals surface area contributed by atoms with Crippen LogP contribution < -0.4 is 10.6 Å². The third kappa shape index (κ3) is 3.34. The molecule has 0 spiro atoms. The number of rotatable bonds is 4. The number of anilines is 2. The predicted molar refractivity (Wildman–Crippen MR) is 77.5 cm³/mol. The van der Waals surface area contributed by atoms with Crippen LogP contribution in [-0.4, -0.2) is 17.4 Å². The number of pyridine rings is 1. The first-order chi connectivity index (χ1) is 10.2. The van der Waals surface area contributed by atoms with Crippen molar-refractivity contribution in [2.45, 2.75) is 6.92 Å². The molecule has 2 aromatic rings. The summed E-state index contributed by atoms with van der Waals surface area (Å²) in [5.74, 6) is -0.528. The number of nitrogens with one attached hydrogen (secondary N) is 2. The quantitative estimate of drug-likeness (QED) is 0.905. The second kappa shape index (κ2) is 6.48. The van der Waals surface area contributed by atoms with Crippen molar-refractivity contribution in [3.8, 4) is 6.07 Å². The number of benzene rings is 1. The molecule has 1 aromatic heterocycles. The molecule has 0 atom stereocenters. The highest BCUT2D eigenvalue weighted by Gasteiger charge is 2.12. The zero-order valence-electron chi connectivity index (χ0n) is 11.4. The Balaban J connectivity index is 2.24. The molecular weight excluding hydrogens is 271 g/mol. The maximum atomic E-state index is 13.2. The van der Waals surface area contributed by atoms with Crippen LogP contribution in [0.4, 0.5) is 15.9 Å². The second-order valence-corrected chi connectivity index (χ2v) is 4.19. The Labute approximate surface area is 121 Å². The van der Waals surface area contributed by atoms with Crippen molar-refractivity contribution in [3.05, 3.63) is 53.5 Å². The van der Waals surface area contributed by atoms with Crippen molar-refractivity contribution in [1.82, 2.24) is 4.98 Å². The molecule has 0 aliphatic rings. The fourth-order valence-corrected chi connectivity index (χ4v) is 1.78. The zero-order valence-corrected chi connectivity index (χ0v) is 11.4. The van der Waals surface area contributed by atoms with Crippen LogP contribution in [0.2, 0.25) is 0 Å². The van der Waals surface area contributed by atoms with E-state index in [1.165, 1.54) is 12.1 Å². The average molecular weight is 284 g/mol. The van der Waals surface area contributed by atoms with E-state index in [9.17, 15) is 9.18 Å². The number of aromatic nitrogens is 1. The van der Waals surface area contributed by atoms with Crippen molar-refractivity contribution in [1.29, 1.82) is 5.26 Å². The van der Waals surface area contributed by atoms with E-state index in [4.69, 9.17) is 5.26 Å². The van der Waals surface area contributed by atoms with Gasteiger partial charge in [0.1, 0.15) is 17.7 Å². The van der Waals surface area contributed by atoms with Crippen molar-refractivity contribution in [2.24, 2.45) is 0 Å². The van der Waals surface area contributed by atoms with Crippen LogP contribution in [0.5, 0.6) is 0 Å². The molecule has 0 aliphatic heterocycles. The fraction of sp³-hybridized carbons (Fsp3) is 0.133. The summed E-state index contributed by atoms with van der Waals surface area (Å²) in [4.78, 5) is 16.3. The normalized spacial score (nSPS) is 9.76. The molecule has 21 heavy (non-hydrogen) atoms. The molecule has 2 rings (SSSR count). The predicted octanol–water partition coefficient (Wildman–Crippen LogP) is 2.78. The van der Waals surface area contributed by atoms with E-state index < -0.39 is 5.82 Å². The van der Waals surface area contributed by atoms with Crippen LogP contribution in [0, 0.1) is 17.1 Å². The summed E-state index contributed by atoms with van der Waals surface area (Å²) in [6, 6.07) is 8.85. The van der Waals surface area contributed by atoms with Crippen molar-refractivity contribution >= 4 is 17.4 Å². The van der Waals surface area contributed by atoms with Gasteiger partial charge in [-0.15, -0.1) is 0 Å². The molecule has 0 saturated carbocycles. The molecule has 6 heteroatoms. The lowest BCUT2D eigenvalue weighted by atomic mass is 10.2. The van der Waals surface area contributed by atoms with Crippen molar-refractivity contribution in [3.63, 3.8) is 0 Å². The van der Waals surface area contributed by atoms with E-state index >= 15 is 0 Å². The topological polar surface area (TPSA) is 77.8 Å². The lowest BCUT2D eigenvalue weighted by Gasteiger charge is -2.10. The molecule has 0 fully saturated rings. The van der Waals surface area contributed by atoms with Gasteiger partial charge in [-0.2, -0.15) is 5.26 Å². The van der Waals surface area contributed by atoms with Crippen LogP contribution >= 0.6 is 0 Å². The first kappa shape index (κ1) is 14.5. The number of hydrogen-bond donors (Lipinski definition) is 2. The lowest BCUT2D eigenvalue weighted by molar-refractivity contribution is 0.102. The van der Waals surface area contributed by atoms with Gasteiger partial charge in [0.05, 0.1) is 11.1 Å². The minimum atomic E-state index is -0.620. The molecule has 0 radical (unpaired) electrons. The molecule has 2 N–H and O–H groups in total. The van der Waals surface area contributed by atoms with Gasteiger partial charge in [-0.3, -0.25) is 4.79 Å². The molecule has 0 saturated heterocycles. The summed E-state index contributed by atoms with van der Waals surface area (Å²) in [6.07, 6.45) is 1.58. The van der Waals surface area contributed by atoms with Crippen LogP contribution in [0.1, 0.15) is 22.8 Å². The lowest BCUT2D eigenvalue weighted by Crippen LogP contribution is -2.15. The minimum Gasteiger partial charge on any atom is -0.370 e. The molecule has 0 aliphatic carbocycles. The number of halogens is 1. The van der Waals surface area contributed by atoms with E-state index in [0.29, 0.717) is 23.6 Å². The molecule has 0 bridgehead atoms. The maximum absolute atomic E-state index is 13.2. The zero-order chi connectivity index (χ0) is 15.2. The third-order valence-electron chi connectivity index (χ3n) is 2.74. The summed E-state index contributed by atoms with van der Waals surface area (Å²) in [6.45, 7) is 2.53. The van der Waals surface area contributed by atoms with Gasteiger partial charge in [0.2, 0.25) is 0 Å². The van der Waals surface area contributed by atoms with E-state index in [0.717, 1.165) is 6.07 Å². The molecule has 106 valence electrons. The van der Waals surface area contributed by atoms with E-state index in [2.05, 4.69) is 15.6 Å². The van der Waals surface area contributed by atoms with Crippen LogP contribution in [0.15, 0.2) is 36.5 Å². The Hall–Kier alpha value is -2.94. The van der Waals surface area contributed by atoms with Gasteiger partial charge in [-0.25, -0.2) is 9.37 Å². The first-order valence-electron chi connectivity index (χ1n) is 6.35. The van der Waals surface area contributed by atoms with Gasteiger partial charge < -0.3 is 10.6 Å². The summed E-state index contributed by atoms with van der Waals surface area (Å²) < 4.78 is 13.2. The number of amides is 1. The van der Waals surface area contributed by atoms with Gasteiger partial charge in [0.15, 0.2) is 0 Å². The maximum Gasteiger partial charge on any atom is 0.259 e. The minimum absolute atomic E-state index is 0.120. The Morgan fingerprint density at radius 2 is 2.24 bits per heavy atom. The van der Waals surface area contributed by atoms with Crippen molar-refractivity contribution < 1.29 is 9.18 Å². The number of carbonyl (C=O) groups is 1. The van der Waals surface area contributed by atoms with E-state index in [1.54, 1.807) is 24.4 Å². The van der Waals surface area contributed by atoms with E-state index in [1.807, 2.05) is 6.92 Å². The van der Waals surface area contributed by atoms with Crippen LogP contribution in [0.3, 0.4) is 0 Å². The molecule has 1 amide bonds. The average Bonchev–Trinajstić information content (AvgIpc) is 2.50. The monoisotopic (exact) mass is 284 g/mol. The third-order valence-corrected chi connectivity index (χ3v) is 2.74. The highest BCUT2D eigenvalue weighted by molar-refractivity contribution is 6.07. The highest BCUT2D eigenvalue weighted by atomic mass is 19.1. The largest absolute Gasteiger partial charge is 0.370 e. The Kier molecular flexibility index (Phi) is 4.46. The standard InChI is InChI=1S/C15H13FN4O/c1-2-18-14-12(4-3-7-19-14)15(21)20-11-5-6-13(16)10(8-11)9-17/h3-8H,2H2,1H3,(H,18,19)(H,20,21). The van der Waals surface area contributed by atoms with Gasteiger partial charge in [0.25, 0.3) is 5.91 Å². The number of hydrogen-bond acceptors (Lipinski definition) is 4. The van der Waals surface area contributed by atoms with Gasteiger partial charge in [-0.1, -0.05) is 0 Å². The Morgan fingerprint density at radius 1 is 1.43 bits per heavy atom. The number of carbonyl (C=O) groups excluding carboxylic acids is 1. The van der Waals surface area contributed by atoms with Crippen LogP contribution in [-0.2, 0) is 0 Å². The Morgan fingerprint density at radius 3 is 2.95 bits per heavy atom. The van der Waals surface area contributed by atoms with Crippen molar-refractivity contribution in [2.75, 3.05) is 17.2 Å². The molecule has 5 nitrogen and oxygen atoms in total. The molecule has 1 heterocycles. The van der Waals surface area contributed by atoms with E-state index in [-0.39, 0.29) is 11.5 Å². The number of nitriles is 1. The Bertz CT molecular complexity index is 709. The summed E-state index contributed by atoms with van der Waals surface area (Å²) in [5, 5.41) is 14.4. The first-order valence-corrected chi connectivity index (χ1v) is 6.35. The van der Waals surface area contributed by atoms with Gasteiger partial charge in [-0.05, 0) is 37.3 Å². The van der Waals surface area contributed by atoms with Gasteiger partial charge in [0, 0.05) is 18.4 Å². The molecular formula is C15H13FN4O. The SMILES string of the molecule is CCNc1ncccc1C(=O)Nc1ccc(F)c(C#N)c1. The fourth-order valence-electron chi connectivity index (χ4n) is 1.78. The highest BCUT2D eigenvalue weighted by Crippen LogP contribution is 2.17. The number of nitrogens with zero attached hydrogens (tertiary/aromatic N) is 2. The molecule has 1 aromatic carbocycles. The van der Waals surface area contributed by atoms with Crippen LogP contribution in [0.25, 0.3) is 0 Å². The summed E-state index contributed by atoms with van der Waals surface area (Å²) >= 11 is 0. The van der Waals surface area contributed by atoms with Gasteiger partial charge >= 0.3 is 0 Å². The summed E-state index contributed by atoms with van der Waals surface area (Å²) in [5.41, 5.74) is 0.609.